The lowest BCUT2D eigenvalue weighted by Crippen LogP contribution is -3.09. The van der Waals surface area contributed by atoms with Gasteiger partial charge in [-0.2, -0.15) is 13.2 Å². The smallest absolute Gasteiger partial charge is 0.416 e. The number of carbonyl (C=O) groups excluding carboxylic acids is 2. The fourth-order valence-corrected chi connectivity index (χ4v) is 5.19. The van der Waals surface area contributed by atoms with E-state index in [1.165, 1.54) is 39.9 Å². The molecular weight excluding hydrogens is 451 g/mol. The minimum Gasteiger partial charge on any atom is -0.742 e. The number of quaternary nitrogens is 1. The number of nitrogens with one attached hydrogen (secondary N) is 1. The molecular formula is C24H20F3N3O2S. The molecule has 0 saturated heterocycles. The highest BCUT2D eigenvalue weighted by Crippen LogP contribution is 2.33. The first-order valence-electron chi connectivity index (χ1n) is 10.8. The van der Waals surface area contributed by atoms with E-state index in [9.17, 15) is 22.8 Å². The maximum atomic E-state index is 13.2. The average Bonchev–Trinajstić information content (AvgIpc) is 2.76. The van der Waals surface area contributed by atoms with Crippen LogP contribution in [0.25, 0.3) is 6.08 Å². The predicted octanol–water partition coefficient (Wildman–Crippen LogP) is 2.97. The summed E-state index contributed by atoms with van der Waals surface area (Å²) < 4.78 is 39.5. The van der Waals surface area contributed by atoms with Crippen LogP contribution >= 0.6 is 0 Å². The van der Waals surface area contributed by atoms with Crippen LogP contribution in [0.3, 0.4) is 0 Å². The molecule has 0 radical (unpaired) electrons. The third-order valence-corrected chi connectivity index (χ3v) is 6.60. The van der Waals surface area contributed by atoms with Gasteiger partial charge in [0.05, 0.1) is 18.7 Å². The van der Waals surface area contributed by atoms with Crippen molar-refractivity contribution in [3.05, 3.63) is 64.2 Å². The molecule has 0 fully saturated rings. The molecule has 0 atom stereocenters. The van der Waals surface area contributed by atoms with E-state index in [1.807, 2.05) is 12.1 Å². The minimum atomic E-state index is -4.58. The summed E-state index contributed by atoms with van der Waals surface area (Å²) in [6.07, 6.45) is 0.934. The van der Waals surface area contributed by atoms with Gasteiger partial charge < -0.3 is 17.5 Å². The molecule has 3 aliphatic rings. The number of rotatable bonds is 2. The fourth-order valence-electron chi connectivity index (χ4n) is 4.92. The molecule has 2 aromatic rings. The molecule has 5 rings (SSSR count). The molecule has 0 spiro atoms. The lowest BCUT2D eigenvalue weighted by Gasteiger charge is -2.33. The Morgan fingerprint density at radius 1 is 1.03 bits per heavy atom. The van der Waals surface area contributed by atoms with Crippen LogP contribution in [0.2, 0.25) is 0 Å². The molecule has 0 bridgehead atoms. The number of hydrogen-bond donors (Lipinski definition) is 1. The van der Waals surface area contributed by atoms with Gasteiger partial charge in [-0.3, -0.25) is 14.5 Å². The number of halogens is 3. The van der Waals surface area contributed by atoms with Crippen molar-refractivity contribution in [3.63, 3.8) is 0 Å². The molecule has 33 heavy (non-hydrogen) atoms. The van der Waals surface area contributed by atoms with Crippen molar-refractivity contribution >= 4 is 47.1 Å². The summed E-state index contributed by atoms with van der Waals surface area (Å²) in [5, 5.41) is -0.374. The number of aliphatic imine (C=N–C) groups is 1. The topological polar surface area (TPSA) is 54.2 Å². The second-order valence-electron chi connectivity index (χ2n) is 8.47. The molecule has 1 N–H and O–H groups in total. The quantitative estimate of drug-likeness (QED) is 0.416. The van der Waals surface area contributed by atoms with Crippen molar-refractivity contribution in [2.24, 2.45) is 4.99 Å². The summed E-state index contributed by atoms with van der Waals surface area (Å²) >= 11 is 5.06. The number of amidine groups is 1. The molecule has 3 aliphatic heterocycles. The van der Waals surface area contributed by atoms with Crippen LogP contribution in [0.4, 0.5) is 24.5 Å². The standard InChI is InChI=1S/C24H20F3N3O2S/c25-24(26,27)17-6-1-7-18(13-17)30-22(32)19(21(31)28-23(30)33)12-14-10-15-4-2-8-29-9-3-5-16(11-14)20(15)29/h1,6-7,10-13H,2-5,8-9H2,(H,28,31,33). The third kappa shape index (κ3) is 3.95. The van der Waals surface area contributed by atoms with Crippen molar-refractivity contribution in [2.75, 3.05) is 18.0 Å². The van der Waals surface area contributed by atoms with Crippen molar-refractivity contribution < 1.29 is 27.7 Å². The molecule has 0 aromatic heterocycles. The molecule has 2 amide bonds. The van der Waals surface area contributed by atoms with Gasteiger partial charge in [-0.15, -0.1) is 0 Å². The fraction of sp³-hybridized carbons (Fsp3) is 0.292. The molecule has 0 unspecified atom stereocenters. The Hall–Kier alpha value is -3.04. The Bertz CT molecular complexity index is 1200. The Balaban J connectivity index is 1.55. The first-order valence-corrected chi connectivity index (χ1v) is 11.2. The molecule has 0 aliphatic carbocycles. The second kappa shape index (κ2) is 8.07. The first-order chi connectivity index (χ1) is 15.7. The number of aryl methyl sites for hydroxylation is 2. The highest BCUT2D eigenvalue weighted by Gasteiger charge is 2.34. The summed E-state index contributed by atoms with van der Waals surface area (Å²) in [6, 6.07) is 8.26. The summed E-state index contributed by atoms with van der Waals surface area (Å²) in [4.78, 5) is 31.9. The summed E-state index contributed by atoms with van der Waals surface area (Å²) in [6.45, 7) is 2.22. The van der Waals surface area contributed by atoms with E-state index < -0.39 is 23.6 Å². The number of carbonyl (C=O) groups is 2. The zero-order valence-electron chi connectivity index (χ0n) is 17.5. The van der Waals surface area contributed by atoms with Gasteiger partial charge in [0, 0.05) is 29.7 Å². The van der Waals surface area contributed by atoms with E-state index in [-0.39, 0.29) is 16.4 Å². The van der Waals surface area contributed by atoms with Crippen LogP contribution < -0.4 is 9.80 Å². The normalized spacial score (nSPS) is 20.2. The van der Waals surface area contributed by atoms with E-state index in [2.05, 4.69) is 4.99 Å². The third-order valence-electron chi connectivity index (χ3n) is 6.32. The van der Waals surface area contributed by atoms with E-state index in [4.69, 9.17) is 12.6 Å². The Morgan fingerprint density at radius 3 is 2.33 bits per heavy atom. The highest BCUT2D eigenvalue weighted by molar-refractivity contribution is 7.78. The Labute approximate surface area is 194 Å². The summed E-state index contributed by atoms with van der Waals surface area (Å²) in [5.74, 6) is -1.57. The SMILES string of the molecule is O=C1N=C([S-])N(c2cccc(C(F)(F)F)c2)C(=O)C1=Cc1cc2c3c(c1)CCC[NH+]3CCC2. The number of amides is 2. The van der Waals surface area contributed by atoms with Gasteiger partial charge in [-0.1, -0.05) is 6.07 Å². The Kier molecular flexibility index (Phi) is 5.33. The van der Waals surface area contributed by atoms with Crippen molar-refractivity contribution in [1.29, 1.82) is 0 Å². The maximum absolute atomic E-state index is 13.2. The largest absolute Gasteiger partial charge is 0.742 e. The van der Waals surface area contributed by atoms with Crippen LogP contribution in [0.5, 0.6) is 0 Å². The van der Waals surface area contributed by atoms with Crippen molar-refractivity contribution in [3.8, 4) is 0 Å². The van der Waals surface area contributed by atoms with Crippen LogP contribution in [-0.2, 0) is 41.2 Å². The van der Waals surface area contributed by atoms with Crippen molar-refractivity contribution in [1.82, 2.24) is 0 Å². The van der Waals surface area contributed by atoms with E-state index in [0.717, 1.165) is 61.4 Å². The monoisotopic (exact) mass is 471 g/mol. The molecule has 0 saturated carbocycles. The number of nitrogens with zero attached hydrogens (tertiary/aromatic N) is 2. The highest BCUT2D eigenvalue weighted by atomic mass is 32.1. The molecule has 170 valence electrons. The van der Waals surface area contributed by atoms with Crippen molar-refractivity contribution in [2.45, 2.75) is 31.9 Å². The van der Waals surface area contributed by atoms with Gasteiger partial charge in [0.1, 0.15) is 11.3 Å². The van der Waals surface area contributed by atoms with E-state index in [0.29, 0.717) is 0 Å². The van der Waals surface area contributed by atoms with Gasteiger partial charge in [0.15, 0.2) is 0 Å². The summed E-state index contributed by atoms with van der Waals surface area (Å²) in [5.41, 5.74) is 3.28. The van der Waals surface area contributed by atoms with Crippen LogP contribution in [0.15, 0.2) is 47.0 Å². The number of benzene rings is 2. The maximum Gasteiger partial charge on any atom is 0.416 e. The second-order valence-corrected chi connectivity index (χ2v) is 8.84. The number of alkyl halides is 3. The minimum absolute atomic E-state index is 0.0817. The predicted molar refractivity (Wildman–Crippen MR) is 120 cm³/mol. The molecule has 3 heterocycles. The Morgan fingerprint density at radius 2 is 1.70 bits per heavy atom. The molecule has 2 aromatic carbocycles. The van der Waals surface area contributed by atoms with Gasteiger partial charge in [-0.25, -0.2) is 4.99 Å². The van der Waals surface area contributed by atoms with E-state index >= 15 is 0 Å². The zero-order chi connectivity index (χ0) is 23.3. The number of hydrogen-bond acceptors (Lipinski definition) is 3. The van der Waals surface area contributed by atoms with Gasteiger partial charge in [-0.05, 0) is 60.0 Å². The number of anilines is 1. The zero-order valence-corrected chi connectivity index (χ0v) is 18.4. The van der Waals surface area contributed by atoms with Crippen LogP contribution in [0.1, 0.15) is 35.1 Å². The van der Waals surface area contributed by atoms with Gasteiger partial charge >= 0.3 is 6.18 Å². The van der Waals surface area contributed by atoms with Crippen LogP contribution in [-0.4, -0.2) is 30.1 Å². The molecule has 5 nitrogen and oxygen atoms in total. The summed E-state index contributed by atoms with van der Waals surface area (Å²) in [7, 11) is 0. The van der Waals surface area contributed by atoms with E-state index in [1.54, 1.807) is 0 Å². The van der Waals surface area contributed by atoms with Crippen LogP contribution in [0, 0.1) is 0 Å². The van der Waals surface area contributed by atoms with Gasteiger partial charge in [0.25, 0.3) is 11.8 Å². The van der Waals surface area contributed by atoms with Gasteiger partial charge in [0.2, 0.25) is 0 Å². The average molecular weight is 472 g/mol. The lowest BCUT2D eigenvalue weighted by atomic mass is 9.89. The first kappa shape index (κ1) is 21.8. The lowest BCUT2D eigenvalue weighted by molar-refractivity contribution is -0.838. The molecule has 9 heteroatoms.